The molecule has 27 heavy (non-hydrogen) atoms. The number of amides is 1. The molecule has 1 amide bonds. The van der Waals surface area contributed by atoms with Crippen LogP contribution in [0, 0.1) is 0 Å². The Bertz CT molecular complexity index is 750. The van der Waals surface area contributed by atoms with Gasteiger partial charge in [-0.1, -0.05) is 36.4 Å². The van der Waals surface area contributed by atoms with Crippen LogP contribution in [0.15, 0.2) is 30.5 Å². The number of aromatic nitrogens is 3. The predicted molar refractivity (Wildman–Crippen MR) is 107 cm³/mol. The Morgan fingerprint density at radius 3 is 2.44 bits per heavy atom. The fourth-order valence-corrected chi connectivity index (χ4v) is 3.60. The smallest absolute Gasteiger partial charge is 0.276 e. The van der Waals surface area contributed by atoms with Gasteiger partial charge in [0.1, 0.15) is 0 Å². The summed E-state index contributed by atoms with van der Waals surface area (Å²) < 4.78 is 1.88. The Kier molecular flexibility index (Phi) is 6.50. The highest BCUT2D eigenvalue weighted by molar-refractivity contribution is 5.92. The second-order valence-corrected chi connectivity index (χ2v) is 7.40. The van der Waals surface area contributed by atoms with E-state index in [-0.39, 0.29) is 18.3 Å². The van der Waals surface area contributed by atoms with Crippen molar-refractivity contribution in [2.24, 2.45) is 0 Å². The van der Waals surface area contributed by atoms with Crippen LogP contribution in [-0.4, -0.2) is 44.9 Å². The molecule has 1 aliphatic heterocycles. The Balaban J connectivity index is 0.00000210. The lowest BCUT2D eigenvalue weighted by Gasteiger charge is -2.22. The maximum atomic E-state index is 13.0. The van der Waals surface area contributed by atoms with E-state index in [2.05, 4.69) is 46.8 Å². The van der Waals surface area contributed by atoms with Gasteiger partial charge in [-0.25, -0.2) is 4.68 Å². The molecule has 0 atom stereocenters. The van der Waals surface area contributed by atoms with Gasteiger partial charge in [0, 0.05) is 12.6 Å². The third-order valence-electron chi connectivity index (χ3n) is 5.44. The molecule has 4 rings (SSSR count). The maximum Gasteiger partial charge on any atom is 0.276 e. The molecule has 0 radical (unpaired) electrons. The van der Waals surface area contributed by atoms with Gasteiger partial charge in [-0.15, -0.1) is 17.5 Å². The van der Waals surface area contributed by atoms with E-state index < -0.39 is 0 Å². The van der Waals surface area contributed by atoms with Gasteiger partial charge in [0.05, 0.1) is 12.2 Å². The number of hydrogen-bond acceptors (Lipinski definition) is 4. The molecule has 1 saturated heterocycles. The average molecular weight is 390 g/mol. The van der Waals surface area contributed by atoms with Gasteiger partial charge in [-0.05, 0) is 56.3 Å². The molecule has 1 saturated carbocycles. The van der Waals surface area contributed by atoms with Crippen molar-refractivity contribution in [2.75, 3.05) is 13.1 Å². The fraction of sp³-hybridized carbons (Fsp3) is 0.550. The van der Waals surface area contributed by atoms with E-state index in [4.69, 9.17) is 0 Å². The number of hydrogen-bond donors (Lipinski definition) is 1. The van der Waals surface area contributed by atoms with Gasteiger partial charge in [0.25, 0.3) is 5.91 Å². The summed E-state index contributed by atoms with van der Waals surface area (Å²) in [6.45, 7) is 4.79. The molecule has 0 spiro atoms. The number of benzene rings is 1. The van der Waals surface area contributed by atoms with Crippen LogP contribution in [-0.2, 0) is 13.0 Å². The van der Waals surface area contributed by atoms with Crippen molar-refractivity contribution in [1.82, 2.24) is 25.2 Å². The summed E-state index contributed by atoms with van der Waals surface area (Å²) in [5.41, 5.74) is 2.97. The second kappa shape index (κ2) is 8.85. The third kappa shape index (κ3) is 4.68. The van der Waals surface area contributed by atoms with E-state index in [0.29, 0.717) is 24.3 Å². The average Bonchev–Trinajstić information content (AvgIpc) is 3.42. The first-order chi connectivity index (χ1) is 12.7. The number of piperidine rings is 1. The Hall–Kier alpha value is -1.92. The third-order valence-corrected chi connectivity index (χ3v) is 5.44. The summed E-state index contributed by atoms with van der Waals surface area (Å²) in [5, 5.41) is 11.8. The first-order valence-electron chi connectivity index (χ1n) is 9.76. The predicted octanol–water partition coefficient (Wildman–Crippen LogP) is 2.99. The molecule has 2 aliphatic rings. The molecular formula is C20H28ClN5O. The van der Waals surface area contributed by atoms with Crippen molar-refractivity contribution >= 4 is 18.3 Å². The van der Waals surface area contributed by atoms with Crippen molar-refractivity contribution in [3.05, 3.63) is 47.3 Å². The molecule has 0 bridgehead atoms. The molecule has 2 fully saturated rings. The van der Waals surface area contributed by atoms with Crippen LogP contribution < -0.4 is 5.32 Å². The van der Waals surface area contributed by atoms with E-state index in [1.54, 1.807) is 0 Å². The highest BCUT2D eigenvalue weighted by atomic mass is 35.5. The lowest BCUT2D eigenvalue weighted by atomic mass is 10.1. The van der Waals surface area contributed by atoms with Crippen molar-refractivity contribution < 1.29 is 4.79 Å². The van der Waals surface area contributed by atoms with Gasteiger partial charge in [-0.2, -0.15) is 0 Å². The van der Waals surface area contributed by atoms with Gasteiger partial charge in [-0.3, -0.25) is 4.79 Å². The minimum absolute atomic E-state index is 0. The Morgan fingerprint density at radius 2 is 1.81 bits per heavy atom. The minimum atomic E-state index is 0. The number of carbonyl (C=O) groups is 1. The van der Waals surface area contributed by atoms with Gasteiger partial charge in [0.15, 0.2) is 5.69 Å². The summed E-state index contributed by atoms with van der Waals surface area (Å²) in [6.07, 6.45) is 7.11. The molecule has 146 valence electrons. The maximum absolute atomic E-state index is 13.0. The van der Waals surface area contributed by atoms with Crippen molar-refractivity contribution in [3.8, 4) is 0 Å². The highest BCUT2D eigenvalue weighted by Gasteiger charge is 2.34. The largest absolute Gasteiger partial charge is 0.330 e. The number of halogens is 1. The van der Waals surface area contributed by atoms with Crippen LogP contribution >= 0.6 is 12.4 Å². The first-order valence-corrected chi connectivity index (χ1v) is 9.76. The van der Waals surface area contributed by atoms with Crippen molar-refractivity contribution in [1.29, 1.82) is 0 Å². The van der Waals surface area contributed by atoms with Crippen molar-refractivity contribution in [2.45, 2.75) is 57.7 Å². The molecule has 6 nitrogen and oxygen atoms in total. The molecule has 1 aromatic heterocycles. The number of nitrogens with zero attached hydrogens (tertiary/aromatic N) is 4. The zero-order valence-corrected chi connectivity index (χ0v) is 16.6. The van der Waals surface area contributed by atoms with Crippen LogP contribution in [0.1, 0.15) is 60.3 Å². The molecule has 2 heterocycles. The zero-order chi connectivity index (χ0) is 17.9. The van der Waals surface area contributed by atoms with Crippen molar-refractivity contribution in [3.63, 3.8) is 0 Å². The van der Waals surface area contributed by atoms with Gasteiger partial charge < -0.3 is 10.2 Å². The minimum Gasteiger partial charge on any atom is -0.330 e. The first kappa shape index (κ1) is 19.8. The van der Waals surface area contributed by atoms with Gasteiger partial charge in [0.2, 0.25) is 0 Å². The summed E-state index contributed by atoms with van der Waals surface area (Å²) in [4.78, 5) is 15.0. The SMILES string of the molecule is CCc1ccc(CN(C(=O)c2cn(C3CCNCC3)nn2)C2CC2)cc1.Cl. The lowest BCUT2D eigenvalue weighted by Crippen LogP contribution is -2.33. The van der Waals surface area contributed by atoms with Crippen LogP contribution in [0.3, 0.4) is 0 Å². The summed E-state index contributed by atoms with van der Waals surface area (Å²) in [6, 6.07) is 9.26. The van der Waals surface area contributed by atoms with Crippen LogP contribution in [0.5, 0.6) is 0 Å². The molecule has 1 aromatic carbocycles. The molecule has 2 aromatic rings. The Morgan fingerprint density at radius 1 is 1.15 bits per heavy atom. The number of carbonyl (C=O) groups excluding carboxylic acids is 1. The zero-order valence-electron chi connectivity index (χ0n) is 15.8. The number of aryl methyl sites for hydroxylation is 1. The monoisotopic (exact) mass is 389 g/mol. The highest BCUT2D eigenvalue weighted by Crippen LogP contribution is 2.30. The fourth-order valence-electron chi connectivity index (χ4n) is 3.60. The molecule has 1 aliphatic carbocycles. The molecular weight excluding hydrogens is 362 g/mol. The normalized spacial score (nSPS) is 17.4. The topological polar surface area (TPSA) is 63.1 Å². The standard InChI is InChI=1S/C20H27N5O.ClH/c1-2-15-3-5-16(6-4-15)13-24(17-7-8-17)20(26)19-14-25(23-22-19)18-9-11-21-12-10-18;/h3-6,14,17-18,21H,2,7-13H2,1H3;1H. The quantitative estimate of drug-likeness (QED) is 0.824. The summed E-state index contributed by atoms with van der Waals surface area (Å²) in [5.74, 6) is 0.00672. The molecule has 0 unspecified atom stereocenters. The summed E-state index contributed by atoms with van der Waals surface area (Å²) in [7, 11) is 0. The van der Waals surface area contributed by atoms with E-state index >= 15 is 0 Å². The van der Waals surface area contributed by atoms with Crippen LogP contribution in [0.25, 0.3) is 0 Å². The van der Waals surface area contributed by atoms with Crippen LogP contribution in [0.4, 0.5) is 0 Å². The Labute approximate surface area is 166 Å². The lowest BCUT2D eigenvalue weighted by molar-refractivity contribution is 0.0723. The number of nitrogens with one attached hydrogen (secondary N) is 1. The summed E-state index contributed by atoms with van der Waals surface area (Å²) >= 11 is 0. The van der Waals surface area contributed by atoms with E-state index in [1.165, 1.54) is 11.1 Å². The van der Waals surface area contributed by atoms with E-state index in [0.717, 1.165) is 45.2 Å². The molecule has 7 heteroatoms. The van der Waals surface area contributed by atoms with Gasteiger partial charge >= 0.3 is 0 Å². The van der Waals surface area contributed by atoms with Crippen LogP contribution in [0.2, 0.25) is 0 Å². The van der Waals surface area contributed by atoms with E-state index in [9.17, 15) is 4.79 Å². The second-order valence-electron chi connectivity index (χ2n) is 7.40. The van der Waals surface area contributed by atoms with E-state index in [1.807, 2.05) is 15.8 Å². The molecule has 1 N–H and O–H groups in total. The number of rotatable bonds is 6.